The van der Waals surface area contributed by atoms with Crippen LogP contribution < -0.4 is 9.80 Å². The van der Waals surface area contributed by atoms with E-state index in [9.17, 15) is 0 Å². The summed E-state index contributed by atoms with van der Waals surface area (Å²) in [4.78, 5) is 14.0. The highest BCUT2D eigenvalue weighted by Crippen LogP contribution is 2.31. The van der Waals surface area contributed by atoms with Crippen molar-refractivity contribution in [3.05, 3.63) is 29.0 Å². The SMILES string of the molecule is Cc1csc(N2CCN(c3ccnc4c3c(C)nn4C)CC2C)n1. The molecule has 0 amide bonds. The lowest BCUT2D eigenvalue weighted by Crippen LogP contribution is -2.52. The third-order valence-electron chi connectivity index (χ3n) is 4.70. The highest BCUT2D eigenvalue weighted by molar-refractivity contribution is 7.13. The molecule has 0 aromatic carbocycles. The quantitative estimate of drug-likeness (QED) is 0.717. The molecule has 1 unspecified atom stereocenters. The van der Waals surface area contributed by atoms with Crippen LogP contribution >= 0.6 is 11.3 Å². The lowest BCUT2D eigenvalue weighted by atomic mass is 10.1. The van der Waals surface area contributed by atoms with Gasteiger partial charge < -0.3 is 9.80 Å². The van der Waals surface area contributed by atoms with Gasteiger partial charge in [0.25, 0.3) is 0 Å². The van der Waals surface area contributed by atoms with Crippen molar-refractivity contribution in [1.82, 2.24) is 19.7 Å². The molecular formula is C17H22N6S. The minimum absolute atomic E-state index is 0.421. The van der Waals surface area contributed by atoms with Crippen LogP contribution in [0.4, 0.5) is 10.8 Å². The van der Waals surface area contributed by atoms with Crippen molar-refractivity contribution < 1.29 is 0 Å². The number of pyridine rings is 1. The first-order chi connectivity index (χ1) is 11.5. The molecule has 24 heavy (non-hydrogen) atoms. The summed E-state index contributed by atoms with van der Waals surface area (Å²) in [5.74, 6) is 0. The van der Waals surface area contributed by atoms with Gasteiger partial charge in [0.2, 0.25) is 0 Å². The molecule has 1 aliphatic heterocycles. The fourth-order valence-electron chi connectivity index (χ4n) is 3.55. The second kappa shape index (κ2) is 5.73. The predicted octanol–water partition coefficient (Wildman–Crippen LogP) is 2.76. The van der Waals surface area contributed by atoms with Gasteiger partial charge in [-0.15, -0.1) is 11.3 Å². The zero-order valence-corrected chi connectivity index (χ0v) is 15.3. The van der Waals surface area contributed by atoms with Crippen LogP contribution in [0.3, 0.4) is 0 Å². The standard InChI is InChI=1S/C17H22N6S/c1-11-10-24-17(19-11)23-8-7-22(9-12(23)2)14-5-6-18-16-15(14)13(3)20-21(16)4/h5-6,10,12H,7-9H2,1-4H3. The van der Waals surface area contributed by atoms with E-state index < -0.39 is 0 Å². The third kappa shape index (κ3) is 2.43. The van der Waals surface area contributed by atoms with Crippen molar-refractivity contribution in [3.63, 3.8) is 0 Å². The van der Waals surface area contributed by atoms with Gasteiger partial charge in [-0.3, -0.25) is 4.68 Å². The largest absolute Gasteiger partial charge is 0.367 e. The summed E-state index contributed by atoms with van der Waals surface area (Å²) in [6.07, 6.45) is 1.89. The summed E-state index contributed by atoms with van der Waals surface area (Å²) in [5.41, 5.74) is 4.34. The van der Waals surface area contributed by atoms with Crippen LogP contribution in [-0.2, 0) is 7.05 Å². The average Bonchev–Trinajstić information content (AvgIpc) is 3.11. The minimum Gasteiger partial charge on any atom is -0.367 e. The number of nitrogens with zero attached hydrogens (tertiary/aromatic N) is 6. The van der Waals surface area contributed by atoms with Crippen molar-refractivity contribution >= 4 is 33.2 Å². The summed E-state index contributed by atoms with van der Waals surface area (Å²) >= 11 is 1.74. The van der Waals surface area contributed by atoms with E-state index in [0.717, 1.165) is 41.8 Å². The Labute approximate surface area is 145 Å². The van der Waals surface area contributed by atoms with Gasteiger partial charge in [-0.2, -0.15) is 5.10 Å². The third-order valence-corrected chi connectivity index (χ3v) is 5.69. The van der Waals surface area contributed by atoms with Gasteiger partial charge in [0.05, 0.1) is 22.5 Å². The molecule has 1 atom stereocenters. The Morgan fingerprint density at radius 3 is 2.79 bits per heavy atom. The van der Waals surface area contributed by atoms with Crippen LogP contribution in [0.1, 0.15) is 18.3 Å². The number of aromatic nitrogens is 4. The van der Waals surface area contributed by atoms with Gasteiger partial charge in [0.15, 0.2) is 10.8 Å². The molecule has 7 heteroatoms. The molecule has 0 spiro atoms. The van der Waals surface area contributed by atoms with E-state index in [0.29, 0.717) is 6.04 Å². The van der Waals surface area contributed by atoms with E-state index in [1.54, 1.807) is 11.3 Å². The normalized spacial score (nSPS) is 18.6. The second-order valence-corrected chi connectivity index (χ2v) is 7.33. The van der Waals surface area contributed by atoms with Crippen molar-refractivity contribution in [2.45, 2.75) is 26.8 Å². The van der Waals surface area contributed by atoms with Crippen LogP contribution in [0.15, 0.2) is 17.6 Å². The van der Waals surface area contributed by atoms with Gasteiger partial charge >= 0.3 is 0 Å². The molecular weight excluding hydrogens is 320 g/mol. The summed E-state index contributed by atoms with van der Waals surface area (Å²) in [6, 6.07) is 2.54. The van der Waals surface area contributed by atoms with Gasteiger partial charge in [-0.05, 0) is 26.8 Å². The van der Waals surface area contributed by atoms with Crippen LogP contribution in [0.2, 0.25) is 0 Å². The number of fused-ring (bicyclic) bond motifs is 1. The smallest absolute Gasteiger partial charge is 0.185 e. The molecule has 1 saturated heterocycles. The Morgan fingerprint density at radius 2 is 2.08 bits per heavy atom. The molecule has 3 aromatic rings. The van der Waals surface area contributed by atoms with Crippen molar-refractivity contribution in [1.29, 1.82) is 0 Å². The molecule has 0 aliphatic carbocycles. The first-order valence-electron chi connectivity index (χ1n) is 8.26. The molecule has 0 bridgehead atoms. The fraction of sp³-hybridized carbons (Fsp3) is 0.471. The highest BCUT2D eigenvalue weighted by Gasteiger charge is 2.27. The predicted molar refractivity (Wildman–Crippen MR) is 99.1 cm³/mol. The maximum Gasteiger partial charge on any atom is 0.185 e. The maximum atomic E-state index is 4.65. The summed E-state index contributed by atoms with van der Waals surface area (Å²) in [5, 5.41) is 8.97. The number of anilines is 2. The Kier molecular flexibility index (Phi) is 3.68. The van der Waals surface area contributed by atoms with Gasteiger partial charge in [0, 0.05) is 44.3 Å². The van der Waals surface area contributed by atoms with Gasteiger partial charge in [-0.1, -0.05) is 0 Å². The van der Waals surface area contributed by atoms with Gasteiger partial charge in [-0.25, -0.2) is 9.97 Å². The number of piperazine rings is 1. The maximum absolute atomic E-state index is 4.65. The van der Waals surface area contributed by atoms with E-state index in [1.165, 1.54) is 11.1 Å². The summed E-state index contributed by atoms with van der Waals surface area (Å²) in [6.45, 7) is 9.34. The highest BCUT2D eigenvalue weighted by atomic mass is 32.1. The zero-order chi connectivity index (χ0) is 16.8. The minimum atomic E-state index is 0.421. The molecule has 3 aromatic heterocycles. The van der Waals surface area contributed by atoms with E-state index in [4.69, 9.17) is 0 Å². The Morgan fingerprint density at radius 1 is 1.25 bits per heavy atom. The fourth-order valence-corrected chi connectivity index (χ4v) is 4.49. The molecule has 0 radical (unpaired) electrons. The number of aryl methyl sites for hydroxylation is 3. The Hall–Kier alpha value is -2.15. The van der Waals surface area contributed by atoms with E-state index >= 15 is 0 Å². The van der Waals surface area contributed by atoms with Crippen molar-refractivity contribution in [2.24, 2.45) is 7.05 Å². The van der Waals surface area contributed by atoms with Crippen LogP contribution in [0.5, 0.6) is 0 Å². The van der Waals surface area contributed by atoms with E-state index in [1.807, 2.05) is 17.9 Å². The number of hydrogen-bond acceptors (Lipinski definition) is 6. The molecule has 1 fully saturated rings. The lowest BCUT2D eigenvalue weighted by molar-refractivity contribution is 0.550. The second-order valence-electron chi connectivity index (χ2n) is 6.50. The number of hydrogen-bond donors (Lipinski definition) is 0. The molecule has 0 saturated carbocycles. The molecule has 0 N–H and O–H groups in total. The van der Waals surface area contributed by atoms with Crippen molar-refractivity contribution in [3.8, 4) is 0 Å². The molecule has 1 aliphatic rings. The summed E-state index contributed by atoms with van der Waals surface area (Å²) < 4.78 is 1.87. The number of thiazole rings is 1. The summed E-state index contributed by atoms with van der Waals surface area (Å²) in [7, 11) is 1.96. The van der Waals surface area contributed by atoms with Crippen LogP contribution in [-0.4, -0.2) is 45.4 Å². The van der Waals surface area contributed by atoms with Gasteiger partial charge in [0.1, 0.15) is 0 Å². The van der Waals surface area contributed by atoms with Crippen LogP contribution in [0.25, 0.3) is 11.0 Å². The Bertz CT molecular complexity index is 882. The molecule has 6 nitrogen and oxygen atoms in total. The zero-order valence-electron chi connectivity index (χ0n) is 14.5. The molecule has 126 valence electrons. The monoisotopic (exact) mass is 342 g/mol. The van der Waals surface area contributed by atoms with Crippen LogP contribution in [0, 0.1) is 13.8 Å². The van der Waals surface area contributed by atoms with E-state index in [2.05, 4.69) is 57.1 Å². The topological polar surface area (TPSA) is 50.1 Å². The van der Waals surface area contributed by atoms with Crippen molar-refractivity contribution in [2.75, 3.05) is 29.4 Å². The first kappa shape index (κ1) is 15.4. The lowest BCUT2D eigenvalue weighted by Gasteiger charge is -2.41. The Balaban J connectivity index is 1.64. The molecule has 4 heterocycles. The number of rotatable bonds is 2. The molecule has 4 rings (SSSR count). The first-order valence-corrected chi connectivity index (χ1v) is 9.14. The van der Waals surface area contributed by atoms with E-state index in [-0.39, 0.29) is 0 Å². The average molecular weight is 342 g/mol.